The molecule has 0 aliphatic rings. The summed E-state index contributed by atoms with van der Waals surface area (Å²) in [7, 11) is 0. The molecule has 8 heteroatoms. The molecule has 0 spiro atoms. The van der Waals surface area contributed by atoms with Gasteiger partial charge in [0, 0.05) is 53.2 Å². The van der Waals surface area contributed by atoms with Gasteiger partial charge in [0.1, 0.15) is 29.4 Å². The number of rotatable bonds is 9. The number of nitrogens with one attached hydrogen (secondary N) is 2. The second-order valence-corrected chi connectivity index (χ2v) is 8.42. The number of ether oxygens (including phenoxy) is 1. The van der Waals surface area contributed by atoms with E-state index in [0.717, 1.165) is 12.1 Å². The van der Waals surface area contributed by atoms with Crippen molar-refractivity contribution in [2.24, 2.45) is 5.73 Å². The van der Waals surface area contributed by atoms with Gasteiger partial charge in [0.2, 0.25) is 0 Å². The summed E-state index contributed by atoms with van der Waals surface area (Å²) in [5, 5.41) is 20.4. The van der Waals surface area contributed by atoms with Crippen molar-refractivity contribution in [2.45, 2.75) is 32.9 Å². The van der Waals surface area contributed by atoms with Crippen molar-refractivity contribution < 1.29 is 19.1 Å². The summed E-state index contributed by atoms with van der Waals surface area (Å²) >= 11 is 0. The van der Waals surface area contributed by atoms with Crippen molar-refractivity contribution >= 4 is 27.7 Å². The molecule has 0 fully saturated rings. The topological polar surface area (TPSA) is 123 Å². The van der Waals surface area contributed by atoms with E-state index >= 15 is 0 Å². The second kappa shape index (κ2) is 10.2. The number of furan rings is 1. The SMILES string of the molecule is Cc1oc2c(c1C(=O)OCN)c(C(NCCNC(C)C)c1ccncc1)c(O)c1ccccc12. The first-order valence-corrected chi connectivity index (χ1v) is 11.3. The number of phenolic OH excluding ortho intramolecular Hbond substituents is 1. The molecule has 0 amide bonds. The van der Waals surface area contributed by atoms with Crippen molar-refractivity contribution in [1.29, 1.82) is 0 Å². The van der Waals surface area contributed by atoms with Crippen LogP contribution in [0.2, 0.25) is 0 Å². The Kier molecular flexibility index (Phi) is 7.12. The number of nitrogens with two attached hydrogens (primary N) is 1. The normalized spacial score (nSPS) is 12.5. The van der Waals surface area contributed by atoms with E-state index in [-0.39, 0.29) is 18.0 Å². The maximum Gasteiger partial charge on any atom is 0.343 e. The first-order chi connectivity index (χ1) is 16.4. The van der Waals surface area contributed by atoms with E-state index in [4.69, 9.17) is 14.9 Å². The Morgan fingerprint density at radius 2 is 1.79 bits per heavy atom. The molecule has 0 saturated heterocycles. The van der Waals surface area contributed by atoms with E-state index in [1.165, 1.54) is 0 Å². The fourth-order valence-electron chi connectivity index (χ4n) is 4.34. The van der Waals surface area contributed by atoms with Crippen LogP contribution in [0.4, 0.5) is 0 Å². The van der Waals surface area contributed by atoms with Gasteiger partial charge >= 0.3 is 5.97 Å². The van der Waals surface area contributed by atoms with Crippen LogP contribution in [0.1, 0.15) is 47.1 Å². The number of carbonyl (C=O) groups is 1. The van der Waals surface area contributed by atoms with Gasteiger partial charge in [-0.3, -0.25) is 10.7 Å². The third kappa shape index (κ3) is 4.48. The maximum absolute atomic E-state index is 13.0. The van der Waals surface area contributed by atoms with Crippen molar-refractivity contribution in [3.05, 3.63) is 71.2 Å². The summed E-state index contributed by atoms with van der Waals surface area (Å²) in [6.45, 7) is 6.98. The minimum atomic E-state index is -0.593. The van der Waals surface area contributed by atoms with E-state index in [1.54, 1.807) is 19.3 Å². The third-order valence-corrected chi connectivity index (χ3v) is 5.81. The number of benzene rings is 2. The van der Waals surface area contributed by atoms with Crippen LogP contribution in [0.25, 0.3) is 21.7 Å². The smallest absolute Gasteiger partial charge is 0.343 e. The van der Waals surface area contributed by atoms with Crippen molar-refractivity contribution in [2.75, 3.05) is 19.8 Å². The molecule has 4 rings (SSSR count). The highest BCUT2D eigenvalue weighted by Crippen LogP contribution is 2.45. The average Bonchev–Trinajstić information content (AvgIpc) is 3.18. The number of hydrogen-bond acceptors (Lipinski definition) is 8. The molecule has 178 valence electrons. The van der Waals surface area contributed by atoms with Gasteiger partial charge < -0.3 is 24.9 Å². The van der Waals surface area contributed by atoms with Gasteiger partial charge in [0.15, 0.2) is 0 Å². The van der Waals surface area contributed by atoms with E-state index < -0.39 is 12.0 Å². The third-order valence-electron chi connectivity index (χ3n) is 5.81. The fraction of sp³-hybridized carbons (Fsp3) is 0.308. The molecule has 0 aliphatic carbocycles. The number of aromatic nitrogens is 1. The summed E-state index contributed by atoms with van der Waals surface area (Å²) in [6.07, 6.45) is 3.41. The first kappa shape index (κ1) is 23.7. The highest BCUT2D eigenvalue weighted by molar-refractivity contribution is 6.16. The van der Waals surface area contributed by atoms with E-state index in [2.05, 4.69) is 29.5 Å². The number of pyridine rings is 1. The highest BCUT2D eigenvalue weighted by atomic mass is 16.5. The van der Waals surface area contributed by atoms with Gasteiger partial charge in [-0.25, -0.2) is 4.79 Å². The molecular weight excluding hydrogens is 432 g/mol. The minimum Gasteiger partial charge on any atom is -0.507 e. The van der Waals surface area contributed by atoms with E-state index in [1.807, 2.05) is 36.4 Å². The molecule has 0 aliphatic heterocycles. The molecule has 34 heavy (non-hydrogen) atoms. The number of nitrogens with zero attached hydrogens (tertiary/aromatic N) is 1. The molecule has 5 N–H and O–H groups in total. The average molecular weight is 463 g/mol. The summed E-state index contributed by atoms with van der Waals surface area (Å²) in [6, 6.07) is 11.1. The van der Waals surface area contributed by atoms with Crippen LogP contribution >= 0.6 is 0 Å². The standard InChI is InChI=1S/C26H30N4O4/c1-15(2)29-12-13-30-23(17-8-10-28-11-9-17)22-21-20(26(32)33-14-27)16(3)34-25(21)19-7-5-4-6-18(19)24(22)31/h4-11,15,23,29-31H,12-14,27H2,1-3H3. The first-order valence-electron chi connectivity index (χ1n) is 11.3. The number of esters is 1. The monoisotopic (exact) mass is 462 g/mol. The predicted molar refractivity (Wildman–Crippen MR) is 132 cm³/mol. The van der Waals surface area contributed by atoms with Gasteiger partial charge in [-0.05, 0) is 24.6 Å². The molecule has 1 atom stereocenters. The molecule has 1 unspecified atom stereocenters. The van der Waals surface area contributed by atoms with Crippen LogP contribution in [-0.2, 0) is 4.74 Å². The number of aryl methyl sites for hydroxylation is 1. The number of aromatic hydroxyl groups is 1. The van der Waals surface area contributed by atoms with E-state index in [9.17, 15) is 9.90 Å². The van der Waals surface area contributed by atoms with Crippen LogP contribution < -0.4 is 16.4 Å². The molecule has 2 aromatic heterocycles. The van der Waals surface area contributed by atoms with Crippen molar-refractivity contribution in [3.8, 4) is 5.75 Å². The Balaban J connectivity index is 1.99. The molecule has 0 radical (unpaired) electrons. The van der Waals surface area contributed by atoms with Gasteiger partial charge in [-0.15, -0.1) is 0 Å². The zero-order chi connectivity index (χ0) is 24.2. The molecule has 0 bridgehead atoms. The Bertz CT molecular complexity index is 1300. The molecule has 2 aromatic carbocycles. The zero-order valence-electron chi connectivity index (χ0n) is 19.6. The quantitative estimate of drug-likeness (QED) is 0.169. The fourth-order valence-corrected chi connectivity index (χ4v) is 4.34. The lowest BCUT2D eigenvalue weighted by molar-refractivity contribution is 0.0515. The lowest BCUT2D eigenvalue weighted by Crippen LogP contribution is -2.34. The van der Waals surface area contributed by atoms with E-state index in [0.29, 0.717) is 45.7 Å². The van der Waals surface area contributed by atoms with Crippen LogP contribution in [0.3, 0.4) is 0 Å². The van der Waals surface area contributed by atoms with Crippen LogP contribution in [-0.4, -0.2) is 41.9 Å². The molecular formula is C26H30N4O4. The summed E-state index contributed by atoms with van der Waals surface area (Å²) in [5.41, 5.74) is 7.71. The predicted octanol–water partition coefficient (Wildman–Crippen LogP) is 3.75. The zero-order valence-corrected chi connectivity index (χ0v) is 19.6. The number of phenols is 1. The Morgan fingerprint density at radius 3 is 2.47 bits per heavy atom. The molecule has 4 aromatic rings. The van der Waals surface area contributed by atoms with Gasteiger partial charge in [0.05, 0.1) is 6.04 Å². The lowest BCUT2D eigenvalue weighted by Gasteiger charge is -2.23. The van der Waals surface area contributed by atoms with Crippen molar-refractivity contribution in [1.82, 2.24) is 15.6 Å². The molecule has 0 saturated carbocycles. The van der Waals surface area contributed by atoms with Gasteiger partial charge in [0.25, 0.3) is 0 Å². The molecule has 8 nitrogen and oxygen atoms in total. The van der Waals surface area contributed by atoms with Crippen molar-refractivity contribution in [3.63, 3.8) is 0 Å². The Morgan fingerprint density at radius 1 is 1.12 bits per heavy atom. The summed E-state index contributed by atoms with van der Waals surface area (Å²) < 4.78 is 11.3. The second-order valence-electron chi connectivity index (χ2n) is 8.42. The number of hydrogen-bond donors (Lipinski definition) is 4. The van der Waals surface area contributed by atoms with Gasteiger partial charge in [-0.2, -0.15) is 0 Å². The van der Waals surface area contributed by atoms with Gasteiger partial charge in [-0.1, -0.05) is 38.1 Å². The number of fused-ring (bicyclic) bond motifs is 3. The summed E-state index contributed by atoms with van der Waals surface area (Å²) in [5.74, 6) is -0.109. The summed E-state index contributed by atoms with van der Waals surface area (Å²) in [4.78, 5) is 17.1. The highest BCUT2D eigenvalue weighted by Gasteiger charge is 2.30. The Labute approximate surface area is 198 Å². The lowest BCUT2D eigenvalue weighted by atomic mass is 9.90. The number of carbonyl (C=O) groups excluding carboxylic acids is 1. The van der Waals surface area contributed by atoms with Crippen LogP contribution in [0.15, 0.2) is 53.2 Å². The van der Waals surface area contributed by atoms with Crippen LogP contribution in [0, 0.1) is 6.92 Å². The Hall–Kier alpha value is -3.46. The minimum absolute atomic E-state index is 0.0804. The maximum atomic E-state index is 13.0. The molecule has 2 heterocycles. The van der Waals surface area contributed by atoms with Crippen LogP contribution in [0.5, 0.6) is 5.75 Å². The largest absolute Gasteiger partial charge is 0.507 e.